The van der Waals surface area contributed by atoms with Crippen molar-refractivity contribution in [3.8, 4) is 0 Å². The van der Waals surface area contributed by atoms with Crippen LogP contribution in [0.15, 0.2) is 30.4 Å². The van der Waals surface area contributed by atoms with E-state index in [9.17, 15) is 14.0 Å². The lowest BCUT2D eigenvalue weighted by atomic mass is 9.91. The summed E-state index contributed by atoms with van der Waals surface area (Å²) in [5, 5.41) is 25.9. The van der Waals surface area contributed by atoms with Crippen LogP contribution in [0.5, 0.6) is 0 Å². The normalized spacial score (nSPS) is 16.5. The van der Waals surface area contributed by atoms with Gasteiger partial charge in [-0.05, 0) is 61.6 Å². The second-order valence-electron chi connectivity index (χ2n) is 7.08. The van der Waals surface area contributed by atoms with Crippen LogP contribution in [-0.2, 0) is 9.59 Å². The van der Waals surface area contributed by atoms with Gasteiger partial charge in [-0.15, -0.1) is 0 Å². The number of aliphatic hydroxyl groups is 1. The summed E-state index contributed by atoms with van der Waals surface area (Å²) in [5.41, 5.74) is 1.14. The van der Waals surface area contributed by atoms with E-state index in [0.29, 0.717) is 24.0 Å². The molecule has 1 aromatic carbocycles. The number of aliphatic carboxylic acids is 2. The third-order valence-electron chi connectivity index (χ3n) is 4.69. The Labute approximate surface area is 172 Å². The molecule has 9 heteroatoms. The van der Waals surface area contributed by atoms with E-state index in [1.54, 1.807) is 6.07 Å². The Morgan fingerprint density at radius 3 is 2.45 bits per heavy atom. The average molecular weight is 424 g/mol. The highest BCUT2D eigenvalue weighted by molar-refractivity contribution is 7.13. The van der Waals surface area contributed by atoms with E-state index in [2.05, 4.69) is 16.2 Å². The fourth-order valence-electron chi connectivity index (χ4n) is 3.26. The van der Waals surface area contributed by atoms with E-state index in [1.807, 2.05) is 6.07 Å². The zero-order chi connectivity index (χ0) is 21.4. The van der Waals surface area contributed by atoms with Crippen molar-refractivity contribution < 1.29 is 29.3 Å². The van der Waals surface area contributed by atoms with Gasteiger partial charge in [-0.2, -0.15) is 4.37 Å². The van der Waals surface area contributed by atoms with Gasteiger partial charge in [0, 0.05) is 36.6 Å². The number of aromatic nitrogens is 1. The first-order valence-corrected chi connectivity index (χ1v) is 10.1. The van der Waals surface area contributed by atoms with E-state index >= 15 is 0 Å². The monoisotopic (exact) mass is 424 g/mol. The summed E-state index contributed by atoms with van der Waals surface area (Å²) in [5.74, 6) is -1.89. The van der Waals surface area contributed by atoms with E-state index in [4.69, 9.17) is 15.3 Å². The largest absolute Gasteiger partial charge is 0.478 e. The number of benzene rings is 1. The van der Waals surface area contributed by atoms with Crippen molar-refractivity contribution in [3.63, 3.8) is 0 Å². The Balaban J connectivity index is 0.000000321. The molecule has 2 heterocycles. The second-order valence-corrected chi connectivity index (χ2v) is 7.89. The van der Waals surface area contributed by atoms with Gasteiger partial charge in [0.1, 0.15) is 5.82 Å². The zero-order valence-electron chi connectivity index (χ0n) is 16.1. The number of piperidine rings is 1. The molecule has 0 saturated carbocycles. The van der Waals surface area contributed by atoms with Gasteiger partial charge in [-0.3, -0.25) is 0 Å². The van der Waals surface area contributed by atoms with Gasteiger partial charge in [-0.1, -0.05) is 6.92 Å². The Kier molecular flexibility index (Phi) is 8.69. The van der Waals surface area contributed by atoms with Crippen LogP contribution < -0.4 is 0 Å². The summed E-state index contributed by atoms with van der Waals surface area (Å²) in [6, 6.07) is 4.97. The lowest BCUT2D eigenvalue weighted by Gasteiger charge is -2.32. The summed E-state index contributed by atoms with van der Waals surface area (Å²) >= 11 is 1.40. The van der Waals surface area contributed by atoms with Gasteiger partial charge in [-0.25, -0.2) is 14.0 Å². The van der Waals surface area contributed by atoms with Gasteiger partial charge < -0.3 is 20.2 Å². The third-order valence-corrected chi connectivity index (χ3v) is 5.51. The maximum atomic E-state index is 13.2. The molecule has 2 aromatic rings. The van der Waals surface area contributed by atoms with Gasteiger partial charge in [0.25, 0.3) is 0 Å². The first kappa shape index (κ1) is 22.9. The highest BCUT2D eigenvalue weighted by Gasteiger charge is 2.24. The number of halogens is 1. The highest BCUT2D eigenvalue weighted by Crippen LogP contribution is 2.34. The van der Waals surface area contributed by atoms with E-state index in [1.165, 1.54) is 17.6 Å². The number of aliphatic hydroxyl groups excluding tert-OH is 1. The molecular formula is C20H25FN2O5S. The first-order valence-electron chi connectivity index (χ1n) is 9.32. The number of likely N-dealkylation sites (tertiary alicyclic amines) is 1. The van der Waals surface area contributed by atoms with Crippen LogP contribution in [0.2, 0.25) is 0 Å². The lowest BCUT2D eigenvalue weighted by Crippen LogP contribution is -2.36. The summed E-state index contributed by atoms with van der Waals surface area (Å²) in [4.78, 5) is 21.5. The van der Waals surface area contributed by atoms with Crippen LogP contribution in [0.25, 0.3) is 10.1 Å². The minimum Gasteiger partial charge on any atom is -0.478 e. The van der Waals surface area contributed by atoms with Crippen LogP contribution in [0.3, 0.4) is 0 Å². The smallest absolute Gasteiger partial charge is 0.328 e. The number of fused-ring (bicyclic) bond motifs is 1. The summed E-state index contributed by atoms with van der Waals surface area (Å²) in [6.45, 7) is 5.40. The molecule has 0 radical (unpaired) electrons. The van der Waals surface area contributed by atoms with Crippen molar-refractivity contribution in [1.82, 2.24) is 9.27 Å². The fourth-order valence-corrected chi connectivity index (χ4v) is 4.14. The Bertz CT molecular complexity index is 846. The predicted octanol–water partition coefficient (Wildman–Crippen LogP) is 2.96. The molecule has 1 aromatic heterocycles. The Hall–Kier alpha value is -2.36. The Morgan fingerprint density at radius 1 is 1.28 bits per heavy atom. The predicted molar refractivity (Wildman–Crippen MR) is 109 cm³/mol. The molecule has 0 unspecified atom stereocenters. The van der Waals surface area contributed by atoms with E-state index in [0.717, 1.165) is 48.3 Å². The van der Waals surface area contributed by atoms with Crippen LogP contribution in [0.1, 0.15) is 31.4 Å². The number of hydrogen-bond acceptors (Lipinski definition) is 6. The second kappa shape index (κ2) is 11.0. The average Bonchev–Trinajstić information content (AvgIpc) is 3.10. The summed E-state index contributed by atoms with van der Waals surface area (Å²) in [6.07, 6.45) is 3.30. The number of nitrogens with zero attached hydrogens (tertiary/aromatic N) is 2. The van der Waals surface area contributed by atoms with Crippen molar-refractivity contribution in [2.75, 3.05) is 26.2 Å². The molecule has 29 heavy (non-hydrogen) atoms. The number of rotatable bonds is 6. The van der Waals surface area contributed by atoms with Gasteiger partial charge in [0.2, 0.25) is 0 Å². The van der Waals surface area contributed by atoms with Crippen molar-refractivity contribution in [1.29, 1.82) is 0 Å². The third kappa shape index (κ3) is 7.19. The number of hydrogen-bond donors (Lipinski definition) is 3. The summed E-state index contributed by atoms with van der Waals surface area (Å²) in [7, 11) is 0. The number of carbonyl (C=O) groups is 2. The van der Waals surface area contributed by atoms with Gasteiger partial charge in [0.05, 0.1) is 10.4 Å². The number of carboxylic acids is 2. The molecule has 3 rings (SSSR count). The van der Waals surface area contributed by atoms with Crippen LogP contribution in [0, 0.1) is 11.7 Å². The van der Waals surface area contributed by atoms with E-state index < -0.39 is 11.9 Å². The van der Waals surface area contributed by atoms with Crippen LogP contribution >= 0.6 is 11.5 Å². The quantitative estimate of drug-likeness (QED) is 0.612. The first-order chi connectivity index (χ1) is 13.8. The maximum Gasteiger partial charge on any atom is 0.328 e. The molecule has 1 aliphatic rings. The summed E-state index contributed by atoms with van der Waals surface area (Å²) < 4.78 is 18.8. The molecule has 3 N–H and O–H groups in total. The van der Waals surface area contributed by atoms with Crippen LogP contribution in [0.4, 0.5) is 4.39 Å². The molecule has 158 valence electrons. The van der Waals surface area contributed by atoms with Gasteiger partial charge in [0.15, 0.2) is 0 Å². The lowest BCUT2D eigenvalue weighted by molar-refractivity contribution is -0.134. The number of carboxylic acid groups (broad SMARTS) is 2. The van der Waals surface area contributed by atoms with E-state index in [-0.39, 0.29) is 12.4 Å². The molecule has 0 amide bonds. The molecule has 7 nitrogen and oxygen atoms in total. The molecule has 1 atom stereocenters. The fraction of sp³-hybridized carbons (Fsp3) is 0.450. The molecule has 0 spiro atoms. The van der Waals surface area contributed by atoms with Crippen molar-refractivity contribution in [3.05, 3.63) is 41.9 Å². The topological polar surface area (TPSA) is 111 Å². The Morgan fingerprint density at radius 2 is 1.90 bits per heavy atom. The molecule has 0 aliphatic carbocycles. The standard InChI is InChI=1S/C16H21FN2OS.C4H4O4/c1-11(10-20)9-19-6-4-12(5-7-19)16-14-3-2-13(17)8-15(14)21-18-16;5-3(6)1-2-4(7)8/h2-3,8,11-12,20H,4-7,9-10H2,1H3;1-2H,(H,5,6)(H,7,8)/b;2-1+/t11-;/m0./s1. The molecule has 1 fully saturated rings. The highest BCUT2D eigenvalue weighted by atomic mass is 32.1. The van der Waals surface area contributed by atoms with Crippen LogP contribution in [-0.4, -0.2) is 62.8 Å². The van der Waals surface area contributed by atoms with Crippen molar-refractivity contribution in [2.24, 2.45) is 5.92 Å². The molecule has 1 aliphatic heterocycles. The SMILES string of the molecule is C[C@H](CO)CN1CCC(c2nsc3cc(F)ccc23)CC1.O=C(O)/C=C/C(=O)O. The molecule has 1 saturated heterocycles. The molecule has 0 bridgehead atoms. The van der Waals surface area contributed by atoms with Gasteiger partial charge >= 0.3 is 11.9 Å². The van der Waals surface area contributed by atoms with Crippen molar-refractivity contribution >= 4 is 33.6 Å². The maximum absolute atomic E-state index is 13.2. The van der Waals surface area contributed by atoms with Crippen molar-refractivity contribution in [2.45, 2.75) is 25.7 Å². The minimum atomic E-state index is -1.26. The minimum absolute atomic E-state index is 0.189. The molecular weight excluding hydrogens is 399 g/mol. The zero-order valence-corrected chi connectivity index (χ0v) is 16.9.